The Bertz CT molecular complexity index is 456. The van der Waals surface area contributed by atoms with E-state index in [9.17, 15) is 0 Å². The molecule has 2 aromatic rings. The van der Waals surface area contributed by atoms with Crippen molar-refractivity contribution >= 4 is 0 Å². The maximum absolute atomic E-state index is 5.82. The summed E-state index contributed by atoms with van der Waals surface area (Å²) in [6, 6.07) is 20.9. The van der Waals surface area contributed by atoms with Gasteiger partial charge in [-0.25, -0.2) is 0 Å². The van der Waals surface area contributed by atoms with E-state index in [2.05, 4.69) is 55.5 Å². The Morgan fingerprint density at radius 2 is 1.29 bits per heavy atom. The van der Waals surface area contributed by atoms with Crippen LogP contribution in [0.4, 0.5) is 0 Å². The SMILES string of the molecule is [CH]=CC(c1ccccc1)C(C)c1ccccc1. The molecular weight excluding hydrogens is 204 g/mol. The summed E-state index contributed by atoms with van der Waals surface area (Å²) in [6.45, 7) is 8.04. The van der Waals surface area contributed by atoms with E-state index in [0.717, 1.165) is 0 Å². The maximum Gasteiger partial charge on any atom is 0.00871 e. The topological polar surface area (TPSA) is 0 Å². The molecule has 0 saturated heterocycles. The van der Waals surface area contributed by atoms with Crippen molar-refractivity contribution in [2.75, 3.05) is 0 Å². The highest BCUT2D eigenvalue weighted by atomic mass is 14.2. The lowest BCUT2D eigenvalue weighted by molar-refractivity contribution is 0.676. The smallest absolute Gasteiger partial charge is 0.00871 e. The first-order chi connectivity index (χ1) is 8.33. The van der Waals surface area contributed by atoms with Gasteiger partial charge in [0.15, 0.2) is 0 Å². The van der Waals surface area contributed by atoms with Gasteiger partial charge < -0.3 is 0 Å². The van der Waals surface area contributed by atoms with Gasteiger partial charge in [-0.3, -0.25) is 0 Å². The molecule has 0 aliphatic carbocycles. The summed E-state index contributed by atoms with van der Waals surface area (Å²) in [4.78, 5) is 0. The Hall–Kier alpha value is -1.82. The lowest BCUT2D eigenvalue weighted by Gasteiger charge is -2.21. The first-order valence-electron chi connectivity index (χ1n) is 5.98. The van der Waals surface area contributed by atoms with Crippen LogP contribution in [-0.4, -0.2) is 0 Å². The highest BCUT2D eigenvalue weighted by Crippen LogP contribution is 2.33. The van der Waals surface area contributed by atoms with Gasteiger partial charge in [-0.15, -0.1) is 0 Å². The van der Waals surface area contributed by atoms with Crippen molar-refractivity contribution in [1.82, 2.24) is 0 Å². The Morgan fingerprint density at radius 1 is 0.824 bits per heavy atom. The zero-order valence-electron chi connectivity index (χ0n) is 10.1. The molecular formula is C17H17. The van der Waals surface area contributed by atoms with Crippen LogP contribution in [0.3, 0.4) is 0 Å². The molecule has 0 bridgehead atoms. The molecule has 0 aliphatic rings. The van der Waals surface area contributed by atoms with E-state index in [1.165, 1.54) is 11.1 Å². The summed E-state index contributed by atoms with van der Waals surface area (Å²) < 4.78 is 0. The van der Waals surface area contributed by atoms with E-state index < -0.39 is 0 Å². The molecule has 0 aromatic heterocycles. The molecule has 0 heteroatoms. The number of hydrogen-bond donors (Lipinski definition) is 0. The molecule has 0 fully saturated rings. The Kier molecular flexibility index (Phi) is 3.77. The minimum atomic E-state index is 0.263. The molecule has 0 saturated carbocycles. The van der Waals surface area contributed by atoms with Crippen molar-refractivity contribution in [2.45, 2.75) is 18.8 Å². The van der Waals surface area contributed by atoms with Crippen LogP contribution in [0.25, 0.3) is 0 Å². The first kappa shape index (κ1) is 11.7. The van der Waals surface area contributed by atoms with E-state index in [4.69, 9.17) is 6.58 Å². The highest BCUT2D eigenvalue weighted by Gasteiger charge is 2.17. The van der Waals surface area contributed by atoms with Crippen molar-refractivity contribution in [1.29, 1.82) is 0 Å². The fourth-order valence-corrected chi connectivity index (χ4v) is 2.21. The normalized spacial score (nSPS) is 13.9. The first-order valence-corrected chi connectivity index (χ1v) is 5.98. The Balaban J connectivity index is 2.28. The Morgan fingerprint density at radius 3 is 1.76 bits per heavy atom. The van der Waals surface area contributed by atoms with Gasteiger partial charge in [-0.05, 0) is 17.0 Å². The molecule has 0 amide bonds. The lowest BCUT2D eigenvalue weighted by atomic mass is 9.83. The van der Waals surface area contributed by atoms with Crippen LogP contribution >= 0.6 is 0 Å². The van der Waals surface area contributed by atoms with Gasteiger partial charge in [0, 0.05) is 5.92 Å². The van der Waals surface area contributed by atoms with Crippen LogP contribution in [0.5, 0.6) is 0 Å². The van der Waals surface area contributed by atoms with Crippen LogP contribution in [0, 0.1) is 6.58 Å². The second-order valence-electron chi connectivity index (χ2n) is 4.33. The highest BCUT2D eigenvalue weighted by molar-refractivity contribution is 5.30. The predicted molar refractivity (Wildman–Crippen MR) is 72.9 cm³/mol. The van der Waals surface area contributed by atoms with Crippen molar-refractivity contribution in [3.63, 3.8) is 0 Å². The van der Waals surface area contributed by atoms with Gasteiger partial charge in [-0.2, -0.15) is 0 Å². The minimum Gasteiger partial charge on any atom is -0.0764 e. The van der Waals surface area contributed by atoms with Crippen LogP contribution in [0.1, 0.15) is 29.9 Å². The fourth-order valence-electron chi connectivity index (χ4n) is 2.21. The summed E-state index contributed by atoms with van der Waals surface area (Å²) in [5.41, 5.74) is 2.59. The third-order valence-corrected chi connectivity index (χ3v) is 3.26. The number of rotatable bonds is 4. The molecule has 17 heavy (non-hydrogen) atoms. The quantitative estimate of drug-likeness (QED) is 0.709. The molecule has 0 spiro atoms. The van der Waals surface area contributed by atoms with Crippen molar-refractivity contribution < 1.29 is 0 Å². The van der Waals surface area contributed by atoms with Crippen LogP contribution < -0.4 is 0 Å². The summed E-state index contributed by atoms with van der Waals surface area (Å²) in [5, 5.41) is 0. The van der Waals surface area contributed by atoms with Gasteiger partial charge in [0.1, 0.15) is 0 Å². The molecule has 2 unspecified atom stereocenters. The van der Waals surface area contributed by atoms with Crippen LogP contribution in [0.2, 0.25) is 0 Å². The molecule has 1 radical (unpaired) electrons. The second-order valence-corrected chi connectivity index (χ2v) is 4.33. The molecule has 2 rings (SSSR count). The molecule has 85 valence electrons. The van der Waals surface area contributed by atoms with Gasteiger partial charge in [-0.1, -0.05) is 80.2 Å². The standard InChI is InChI=1S/C17H17/c1-3-17(16-12-8-5-9-13-16)14(2)15-10-6-4-7-11-15/h1,3-14,17H,2H3. The summed E-state index contributed by atoms with van der Waals surface area (Å²) in [7, 11) is 0. The largest absolute Gasteiger partial charge is 0.0764 e. The van der Waals surface area contributed by atoms with E-state index in [-0.39, 0.29) is 5.92 Å². The summed E-state index contributed by atoms with van der Waals surface area (Å²) >= 11 is 0. The lowest BCUT2D eigenvalue weighted by Crippen LogP contribution is -2.05. The summed E-state index contributed by atoms with van der Waals surface area (Å²) in [6.07, 6.45) is 1.80. The summed E-state index contributed by atoms with van der Waals surface area (Å²) in [5.74, 6) is 0.655. The molecule has 2 aromatic carbocycles. The zero-order valence-corrected chi connectivity index (χ0v) is 10.1. The van der Waals surface area contributed by atoms with Gasteiger partial charge in [0.2, 0.25) is 0 Å². The number of allylic oxidation sites excluding steroid dienone is 1. The third-order valence-electron chi connectivity index (χ3n) is 3.26. The van der Waals surface area contributed by atoms with E-state index in [1.807, 2.05) is 12.1 Å². The third kappa shape index (κ3) is 2.65. The van der Waals surface area contributed by atoms with Gasteiger partial charge in [0.25, 0.3) is 0 Å². The van der Waals surface area contributed by atoms with E-state index in [0.29, 0.717) is 5.92 Å². The number of benzene rings is 2. The molecule has 0 nitrogen and oxygen atoms in total. The minimum absolute atomic E-state index is 0.263. The van der Waals surface area contributed by atoms with Crippen LogP contribution in [-0.2, 0) is 0 Å². The van der Waals surface area contributed by atoms with E-state index in [1.54, 1.807) is 6.08 Å². The molecule has 0 heterocycles. The van der Waals surface area contributed by atoms with Crippen molar-refractivity contribution in [2.24, 2.45) is 0 Å². The monoisotopic (exact) mass is 221 g/mol. The average molecular weight is 221 g/mol. The Labute approximate surface area is 104 Å². The number of hydrogen-bond acceptors (Lipinski definition) is 0. The second kappa shape index (κ2) is 5.49. The average Bonchev–Trinajstić information content (AvgIpc) is 2.42. The van der Waals surface area contributed by atoms with Gasteiger partial charge in [0.05, 0.1) is 0 Å². The molecule has 2 atom stereocenters. The van der Waals surface area contributed by atoms with Crippen molar-refractivity contribution in [3.05, 3.63) is 84.4 Å². The zero-order chi connectivity index (χ0) is 12.1. The molecule has 0 N–H and O–H groups in total. The van der Waals surface area contributed by atoms with Gasteiger partial charge >= 0.3 is 0 Å². The predicted octanol–water partition coefficient (Wildman–Crippen LogP) is 4.56. The fraction of sp³-hybridized carbons (Fsp3) is 0.176. The van der Waals surface area contributed by atoms with E-state index >= 15 is 0 Å². The maximum atomic E-state index is 5.82. The van der Waals surface area contributed by atoms with Crippen LogP contribution in [0.15, 0.2) is 66.7 Å². The van der Waals surface area contributed by atoms with Crippen molar-refractivity contribution in [3.8, 4) is 0 Å². The molecule has 0 aliphatic heterocycles.